The maximum absolute atomic E-state index is 12.9. The molecule has 248 valence electrons. The summed E-state index contributed by atoms with van der Waals surface area (Å²) in [5.41, 5.74) is 8.35. The molecule has 0 unspecified atom stereocenters. The molecule has 1 amide bonds. The number of nitrogens with one attached hydrogen (secondary N) is 1. The van der Waals surface area contributed by atoms with E-state index in [4.69, 9.17) is 10.5 Å². The van der Waals surface area contributed by atoms with Crippen LogP contribution in [0.1, 0.15) is 47.9 Å². The number of hydrogen-bond acceptors (Lipinski definition) is 10. The van der Waals surface area contributed by atoms with E-state index >= 15 is 0 Å². The molecule has 3 fully saturated rings. The molecule has 4 atom stereocenters. The summed E-state index contributed by atoms with van der Waals surface area (Å²) in [6, 6.07) is 6.45. The number of carbonyl (C=O) groups is 1. The Hall–Kier alpha value is -3.04. The fraction of sp³-hybridized carbons (Fsp3) is 0.645. The van der Waals surface area contributed by atoms with Crippen LogP contribution in [0.25, 0.3) is 0 Å². The Morgan fingerprint density at radius 2 is 1.73 bits per heavy atom. The van der Waals surface area contributed by atoms with Crippen molar-refractivity contribution in [2.24, 2.45) is 11.7 Å². The Labute approximate surface area is 261 Å². The molecule has 5 N–H and O–H groups in total. The molecule has 2 aromatic rings. The second-order valence-corrected chi connectivity index (χ2v) is 12.4. The molecule has 1 aromatic carbocycles. The van der Waals surface area contributed by atoms with Crippen molar-refractivity contribution in [1.82, 2.24) is 19.8 Å². The Bertz CT molecular complexity index is 1290. The molecule has 11 nitrogen and oxygen atoms in total. The number of piperidine rings is 1. The number of aryl methyl sites for hydroxylation is 1. The van der Waals surface area contributed by atoms with Gasteiger partial charge in [-0.05, 0) is 55.0 Å². The first-order chi connectivity index (χ1) is 21.5. The molecular weight excluding hydrogens is 591 g/mol. The zero-order chi connectivity index (χ0) is 32.1. The number of rotatable bonds is 10. The smallest absolute Gasteiger partial charge is 0.388 e. The first kappa shape index (κ1) is 33.3. The van der Waals surface area contributed by atoms with Crippen LogP contribution in [0.2, 0.25) is 0 Å². The summed E-state index contributed by atoms with van der Waals surface area (Å²) in [5.74, 6) is -1.15. The molecule has 0 saturated carbocycles. The van der Waals surface area contributed by atoms with E-state index in [2.05, 4.69) is 43.0 Å². The molecule has 4 heterocycles. The number of nitrogens with zero attached hydrogens (tertiary/aromatic N) is 5. The van der Waals surface area contributed by atoms with Crippen LogP contribution in [-0.2, 0) is 17.3 Å². The lowest BCUT2D eigenvalue weighted by Gasteiger charge is -2.43. The van der Waals surface area contributed by atoms with Crippen molar-refractivity contribution in [3.8, 4) is 0 Å². The third kappa shape index (κ3) is 8.41. The van der Waals surface area contributed by atoms with Gasteiger partial charge in [-0.1, -0.05) is 13.3 Å². The molecule has 0 radical (unpaired) electrons. The van der Waals surface area contributed by atoms with Gasteiger partial charge in [0.1, 0.15) is 18.0 Å². The number of hydrogen-bond donors (Lipinski definition) is 4. The number of aromatic nitrogens is 2. The lowest BCUT2D eigenvalue weighted by atomic mass is 9.94. The summed E-state index contributed by atoms with van der Waals surface area (Å²) in [4.78, 5) is 25.6. The average Bonchev–Trinajstić information content (AvgIpc) is 3.02. The molecule has 0 bridgehead atoms. The Morgan fingerprint density at radius 1 is 1.04 bits per heavy atom. The van der Waals surface area contributed by atoms with E-state index in [0.29, 0.717) is 18.0 Å². The van der Waals surface area contributed by atoms with Crippen molar-refractivity contribution in [1.29, 1.82) is 0 Å². The first-order valence-electron chi connectivity index (χ1n) is 15.8. The summed E-state index contributed by atoms with van der Waals surface area (Å²) in [6.07, 6.45) is -2.76. The zero-order valence-electron chi connectivity index (χ0n) is 25.6. The third-order valence-electron chi connectivity index (χ3n) is 9.15. The second kappa shape index (κ2) is 14.6. The van der Waals surface area contributed by atoms with E-state index in [1.807, 2.05) is 12.1 Å². The topological polar surface area (TPSA) is 140 Å². The number of carbonyl (C=O) groups excluding carboxylic acids is 1. The Balaban J connectivity index is 1.03. The van der Waals surface area contributed by atoms with Crippen LogP contribution in [0.15, 0.2) is 30.5 Å². The van der Waals surface area contributed by atoms with Gasteiger partial charge < -0.3 is 35.8 Å². The van der Waals surface area contributed by atoms with Crippen LogP contribution in [0.3, 0.4) is 0 Å². The van der Waals surface area contributed by atoms with Gasteiger partial charge in [-0.3, -0.25) is 9.69 Å². The van der Waals surface area contributed by atoms with Crippen LogP contribution in [0, 0.1) is 5.92 Å². The van der Waals surface area contributed by atoms with E-state index in [1.54, 1.807) is 0 Å². The quantitative estimate of drug-likeness (QED) is 0.307. The number of aliphatic hydroxyl groups excluding tert-OH is 2. The number of piperazine rings is 1. The fourth-order valence-electron chi connectivity index (χ4n) is 6.58. The van der Waals surface area contributed by atoms with Crippen molar-refractivity contribution in [2.75, 3.05) is 69.2 Å². The first-order valence-corrected chi connectivity index (χ1v) is 15.8. The van der Waals surface area contributed by atoms with Crippen LogP contribution < -0.4 is 16.0 Å². The van der Waals surface area contributed by atoms with E-state index in [1.165, 1.54) is 6.07 Å². The largest absolute Gasteiger partial charge is 0.451 e. The fourth-order valence-corrected chi connectivity index (χ4v) is 6.58. The van der Waals surface area contributed by atoms with Crippen molar-refractivity contribution in [2.45, 2.75) is 63.1 Å². The monoisotopic (exact) mass is 635 g/mol. The molecule has 14 heteroatoms. The summed E-state index contributed by atoms with van der Waals surface area (Å²) in [5, 5.41) is 24.2. The van der Waals surface area contributed by atoms with Gasteiger partial charge in [0, 0.05) is 69.8 Å². The number of ether oxygens (including phenoxy) is 1. The zero-order valence-corrected chi connectivity index (χ0v) is 25.6. The highest BCUT2D eigenvalue weighted by atomic mass is 19.4. The number of anilines is 2. The van der Waals surface area contributed by atoms with Gasteiger partial charge in [0.15, 0.2) is 0 Å². The maximum Gasteiger partial charge on any atom is 0.451 e. The van der Waals surface area contributed by atoms with E-state index in [9.17, 15) is 28.2 Å². The highest BCUT2D eigenvalue weighted by molar-refractivity contribution is 5.94. The molecule has 3 aliphatic rings. The summed E-state index contributed by atoms with van der Waals surface area (Å²) in [7, 11) is 0. The molecular formula is C31H44F3N7O4. The third-order valence-corrected chi connectivity index (χ3v) is 9.15. The minimum absolute atomic E-state index is 0.0160. The predicted molar refractivity (Wildman–Crippen MR) is 163 cm³/mol. The minimum Gasteiger partial charge on any atom is -0.388 e. The minimum atomic E-state index is -4.69. The van der Waals surface area contributed by atoms with Gasteiger partial charge in [0.2, 0.25) is 11.7 Å². The molecule has 1 aromatic heterocycles. The molecule has 45 heavy (non-hydrogen) atoms. The van der Waals surface area contributed by atoms with Crippen molar-refractivity contribution in [3.63, 3.8) is 0 Å². The number of benzene rings is 1. The van der Waals surface area contributed by atoms with Crippen LogP contribution >= 0.6 is 0 Å². The Kier molecular flexibility index (Phi) is 10.8. The standard InChI is InChI=1S/C31H44F3N7O4/c1-2-3-21-16-22(4-5-23(21)29(35)44)41-10-7-20(8-11-41)17-39-12-14-40(15-13-39)18-25-28(43)27(42)24(19-45-25)37-26-6-9-36-30(38-26)31(32,33)34/h4-6,9,16,20,24-25,27-28,42-43H,2-3,7-8,10-15,17-19H2,1H3,(H2,35,44)(H,36,37,38)/t24-,25+,27+,28-/m0/s1. The van der Waals surface area contributed by atoms with Gasteiger partial charge in [0.05, 0.1) is 18.8 Å². The van der Waals surface area contributed by atoms with E-state index in [-0.39, 0.29) is 18.3 Å². The highest BCUT2D eigenvalue weighted by Gasteiger charge is 2.40. The molecule has 3 saturated heterocycles. The van der Waals surface area contributed by atoms with Gasteiger partial charge >= 0.3 is 6.18 Å². The van der Waals surface area contributed by atoms with Crippen LogP contribution in [0.4, 0.5) is 24.7 Å². The van der Waals surface area contributed by atoms with Crippen molar-refractivity contribution >= 4 is 17.4 Å². The van der Waals surface area contributed by atoms with Gasteiger partial charge in [-0.15, -0.1) is 0 Å². The number of aliphatic hydroxyl groups is 2. The van der Waals surface area contributed by atoms with Crippen molar-refractivity contribution in [3.05, 3.63) is 47.4 Å². The summed E-state index contributed by atoms with van der Waals surface area (Å²) >= 11 is 0. The number of halogens is 3. The van der Waals surface area contributed by atoms with E-state index in [0.717, 1.165) is 88.9 Å². The average molecular weight is 636 g/mol. The highest BCUT2D eigenvalue weighted by Crippen LogP contribution is 2.29. The number of alkyl halides is 3. The summed E-state index contributed by atoms with van der Waals surface area (Å²) < 4.78 is 44.7. The molecule has 5 rings (SSSR count). The number of nitrogens with two attached hydrogens (primary N) is 1. The van der Waals surface area contributed by atoms with Gasteiger partial charge in [0.25, 0.3) is 0 Å². The molecule has 0 spiro atoms. The van der Waals surface area contributed by atoms with Gasteiger partial charge in [-0.25, -0.2) is 9.97 Å². The van der Waals surface area contributed by atoms with Crippen molar-refractivity contribution < 1.29 is 32.9 Å². The summed E-state index contributed by atoms with van der Waals surface area (Å²) in [6.45, 7) is 8.99. The van der Waals surface area contributed by atoms with E-state index < -0.39 is 36.4 Å². The number of amides is 1. The van der Waals surface area contributed by atoms with Crippen LogP contribution in [0.5, 0.6) is 0 Å². The lowest BCUT2D eigenvalue weighted by molar-refractivity contribution is -0.148. The van der Waals surface area contributed by atoms with Crippen LogP contribution in [-0.4, -0.2) is 119 Å². The SMILES string of the molecule is CCCc1cc(N2CCC(CN3CCN(C[C@H]4OC[C@H](Nc5ccnc(C(F)(F)F)n5)[C@@H](O)[C@H]4O)CC3)CC2)ccc1C(N)=O. The lowest BCUT2D eigenvalue weighted by Crippen LogP contribution is -2.59. The maximum atomic E-state index is 12.9. The number of primary amides is 1. The molecule has 0 aliphatic carbocycles. The second-order valence-electron chi connectivity index (χ2n) is 12.4. The molecule has 3 aliphatic heterocycles. The predicted octanol–water partition coefficient (Wildman–Crippen LogP) is 1.98. The normalized spacial score (nSPS) is 25.8. The Morgan fingerprint density at radius 3 is 2.38 bits per heavy atom. The van der Waals surface area contributed by atoms with Gasteiger partial charge in [-0.2, -0.15) is 13.2 Å².